The van der Waals surface area contributed by atoms with E-state index in [1.54, 1.807) is 0 Å². The number of aliphatic hydroxyl groups excluding tert-OH is 1. The molecule has 0 saturated heterocycles. The molecule has 0 rings (SSSR count). The smallest absolute Gasteiger partial charge is 0.327 e. The molecule has 2 unspecified atom stereocenters. The van der Waals surface area contributed by atoms with Gasteiger partial charge in [0.15, 0.2) is 5.25 Å². The van der Waals surface area contributed by atoms with E-state index in [0.29, 0.717) is 6.42 Å². The Morgan fingerprint density at radius 2 is 1.42 bits per heavy atom. The van der Waals surface area contributed by atoms with Gasteiger partial charge >= 0.3 is 11.9 Å². The molecular formula is C22H41NO9S. The Morgan fingerprint density at radius 1 is 0.909 bits per heavy atom. The van der Waals surface area contributed by atoms with Crippen LogP contribution in [0.2, 0.25) is 0 Å². The molecule has 33 heavy (non-hydrogen) atoms. The summed E-state index contributed by atoms with van der Waals surface area (Å²) < 4.78 is 36.3. The lowest BCUT2D eigenvalue weighted by atomic mass is 10.1. The Bertz CT molecular complexity index is 667. The largest absolute Gasteiger partial charge is 0.481 e. The van der Waals surface area contributed by atoms with Gasteiger partial charge in [-0.05, 0) is 12.8 Å². The Morgan fingerprint density at radius 3 is 1.88 bits per heavy atom. The molecule has 0 aliphatic heterocycles. The molecule has 0 radical (unpaired) electrons. The quantitative estimate of drug-likeness (QED) is 0.106. The van der Waals surface area contributed by atoms with E-state index in [4.69, 9.17) is 19.5 Å². The highest BCUT2D eigenvalue weighted by atomic mass is 32.2. The van der Waals surface area contributed by atoms with Crippen LogP contribution < -0.4 is 5.32 Å². The number of carboxylic acids is 1. The molecule has 10 nitrogen and oxygen atoms in total. The van der Waals surface area contributed by atoms with E-state index in [9.17, 15) is 22.8 Å². The first kappa shape index (κ1) is 31.3. The van der Waals surface area contributed by atoms with Crippen LogP contribution in [-0.2, 0) is 29.2 Å². The first-order valence-corrected chi connectivity index (χ1v) is 13.4. The number of aliphatic hydroxyl groups is 1. The summed E-state index contributed by atoms with van der Waals surface area (Å²) in [6, 6.07) is -0.758. The second kappa shape index (κ2) is 18.7. The number of esters is 1. The van der Waals surface area contributed by atoms with Gasteiger partial charge in [0.05, 0.1) is 12.5 Å². The molecule has 0 aromatic heterocycles. The molecule has 194 valence electrons. The summed E-state index contributed by atoms with van der Waals surface area (Å²) >= 11 is 0. The number of carbonyl (C=O) groups is 3. The van der Waals surface area contributed by atoms with Gasteiger partial charge in [-0.1, -0.05) is 71.1 Å². The van der Waals surface area contributed by atoms with Crippen molar-refractivity contribution in [3.63, 3.8) is 0 Å². The predicted octanol–water partition coefficient (Wildman–Crippen LogP) is 2.83. The maximum Gasteiger partial charge on any atom is 0.327 e. The molecule has 0 spiro atoms. The summed E-state index contributed by atoms with van der Waals surface area (Å²) in [6.45, 7) is 1.45. The van der Waals surface area contributed by atoms with Gasteiger partial charge in [0, 0.05) is 13.0 Å². The SMILES string of the molecule is CCCCCCCCCCCCCC(=O)NC(CCO)COC(=O)C(CC(=O)O)S(=O)(=O)O. The Balaban J connectivity index is 4.18. The van der Waals surface area contributed by atoms with Gasteiger partial charge in [-0.2, -0.15) is 8.42 Å². The Labute approximate surface area is 197 Å². The van der Waals surface area contributed by atoms with E-state index in [-0.39, 0.29) is 25.4 Å². The molecule has 0 saturated carbocycles. The van der Waals surface area contributed by atoms with Crippen molar-refractivity contribution in [1.29, 1.82) is 0 Å². The summed E-state index contributed by atoms with van der Waals surface area (Å²) in [5.41, 5.74) is 0. The van der Waals surface area contributed by atoms with Crippen LogP contribution in [0.1, 0.15) is 96.8 Å². The molecule has 0 heterocycles. The highest BCUT2D eigenvalue weighted by Crippen LogP contribution is 2.12. The molecule has 0 fully saturated rings. The normalized spacial score (nSPS) is 13.3. The van der Waals surface area contributed by atoms with E-state index in [1.807, 2.05) is 0 Å². The summed E-state index contributed by atoms with van der Waals surface area (Å²) in [6.07, 6.45) is 11.9. The third-order valence-corrected chi connectivity index (χ3v) is 6.34. The minimum Gasteiger partial charge on any atom is -0.481 e. The lowest BCUT2D eigenvalue weighted by molar-refractivity contribution is -0.148. The van der Waals surface area contributed by atoms with E-state index < -0.39 is 46.4 Å². The molecule has 0 aromatic rings. The van der Waals surface area contributed by atoms with Gasteiger partial charge in [-0.3, -0.25) is 18.9 Å². The molecular weight excluding hydrogens is 454 g/mol. The number of amides is 1. The van der Waals surface area contributed by atoms with Gasteiger partial charge in [0.1, 0.15) is 6.61 Å². The van der Waals surface area contributed by atoms with E-state index in [1.165, 1.54) is 44.9 Å². The van der Waals surface area contributed by atoms with E-state index >= 15 is 0 Å². The number of carbonyl (C=O) groups excluding carboxylic acids is 2. The Hall–Kier alpha value is -1.72. The van der Waals surface area contributed by atoms with E-state index in [2.05, 4.69) is 12.2 Å². The van der Waals surface area contributed by atoms with Crippen LogP contribution in [0.25, 0.3) is 0 Å². The Kier molecular flexibility index (Phi) is 17.7. The fraction of sp³-hybridized carbons (Fsp3) is 0.864. The maximum atomic E-state index is 12.1. The molecule has 0 aromatic carbocycles. The fourth-order valence-corrected chi connectivity index (χ4v) is 4.01. The predicted molar refractivity (Wildman–Crippen MR) is 123 cm³/mol. The molecule has 0 aliphatic carbocycles. The van der Waals surface area contributed by atoms with Gasteiger partial charge in [0.25, 0.3) is 10.1 Å². The molecule has 2 atom stereocenters. The number of hydrogen-bond donors (Lipinski definition) is 4. The molecule has 0 aliphatic rings. The van der Waals surface area contributed by atoms with Crippen molar-refractivity contribution in [2.45, 2.75) is 108 Å². The number of aliphatic carboxylic acids is 1. The van der Waals surface area contributed by atoms with Gasteiger partial charge in [-0.25, -0.2) is 0 Å². The number of unbranched alkanes of at least 4 members (excludes halogenated alkanes) is 10. The highest BCUT2D eigenvalue weighted by molar-refractivity contribution is 7.87. The first-order valence-electron chi connectivity index (χ1n) is 11.9. The van der Waals surface area contributed by atoms with Crippen molar-refractivity contribution in [3.8, 4) is 0 Å². The molecule has 1 amide bonds. The number of rotatable bonds is 21. The zero-order chi connectivity index (χ0) is 25.1. The highest BCUT2D eigenvalue weighted by Gasteiger charge is 2.35. The average Bonchev–Trinajstić information content (AvgIpc) is 2.73. The first-order chi connectivity index (χ1) is 15.6. The second-order valence-electron chi connectivity index (χ2n) is 8.29. The number of carboxylic acid groups (broad SMARTS) is 1. The fourth-order valence-electron chi connectivity index (χ4n) is 3.35. The van der Waals surface area contributed by atoms with Gasteiger partial charge < -0.3 is 20.3 Å². The second-order valence-corrected chi connectivity index (χ2v) is 9.89. The van der Waals surface area contributed by atoms with Crippen molar-refractivity contribution < 1.29 is 42.3 Å². The van der Waals surface area contributed by atoms with Crippen LogP contribution in [-0.4, -0.2) is 65.5 Å². The third-order valence-electron chi connectivity index (χ3n) is 5.26. The average molecular weight is 496 g/mol. The number of nitrogens with one attached hydrogen (secondary N) is 1. The van der Waals surface area contributed by atoms with Crippen LogP contribution >= 0.6 is 0 Å². The van der Waals surface area contributed by atoms with Crippen molar-refractivity contribution in [2.24, 2.45) is 0 Å². The third kappa shape index (κ3) is 17.4. The number of ether oxygens (including phenoxy) is 1. The van der Waals surface area contributed by atoms with Gasteiger partial charge in [-0.15, -0.1) is 0 Å². The topological polar surface area (TPSA) is 167 Å². The van der Waals surface area contributed by atoms with Crippen molar-refractivity contribution in [3.05, 3.63) is 0 Å². The maximum absolute atomic E-state index is 12.1. The number of hydrogen-bond acceptors (Lipinski definition) is 7. The van der Waals surface area contributed by atoms with Crippen molar-refractivity contribution >= 4 is 28.0 Å². The van der Waals surface area contributed by atoms with Crippen molar-refractivity contribution in [2.75, 3.05) is 13.2 Å². The van der Waals surface area contributed by atoms with Crippen LogP contribution in [0.5, 0.6) is 0 Å². The van der Waals surface area contributed by atoms with Crippen LogP contribution in [0.3, 0.4) is 0 Å². The van der Waals surface area contributed by atoms with Crippen molar-refractivity contribution in [1.82, 2.24) is 5.32 Å². The summed E-state index contributed by atoms with van der Waals surface area (Å²) in [5, 5.41) is 18.2. The summed E-state index contributed by atoms with van der Waals surface area (Å²) in [4.78, 5) is 34.8. The van der Waals surface area contributed by atoms with Crippen LogP contribution in [0, 0.1) is 0 Å². The summed E-state index contributed by atoms with van der Waals surface area (Å²) in [7, 11) is -4.96. The van der Waals surface area contributed by atoms with E-state index in [0.717, 1.165) is 19.3 Å². The lowest BCUT2D eigenvalue weighted by Crippen LogP contribution is -2.41. The van der Waals surface area contributed by atoms with Crippen LogP contribution in [0.4, 0.5) is 0 Å². The monoisotopic (exact) mass is 495 g/mol. The zero-order valence-electron chi connectivity index (χ0n) is 19.7. The standard InChI is InChI=1S/C22H41NO9S/c1-2-3-4-5-6-7-8-9-10-11-12-13-20(25)23-18(14-15-24)17-32-22(28)19(16-21(26)27)33(29,30)31/h18-19,24H,2-17H2,1H3,(H,23,25)(H,26,27)(H,29,30,31). The van der Waals surface area contributed by atoms with Gasteiger partial charge in [0.2, 0.25) is 5.91 Å². The molecule has 11 heteroatoms. The minimum atomic E-state index is -4.96. The minimum absolute atomic E-state index is 0.0623. The van der Waals surface area contributed by atoms with Crippen LogP contribution in [0.15, 0.2) is 0 Å². The summed E-state index contributed by atoms with van der Waals surface area (Å²) in [5.74, 6) is -3.30. The molecule has 0 bridgehead atoms. The molecule has 4 N–H and O–H groups in total. The zero-order valence-corrected chi connectivity index (χ0v) is 20.5. The lowest BCUT2D eigenvalue weighted by Gasteiger charge is -2.19.